The van der Waals surface area contributed by atoms with E-state index in [2.05, 4.69) is 10.3 Å². The zero-order valence-corrected chi connectivity index (χ0v) is 14.3. The molecule has 0 saturated heterocycles. The van der Waals surface area contributed by atoms with Crippen LogP contribution in [0.25, 0.3) is 16.2 Å². The van der Waals surface area contributed by atoms with Gasteiger partial charge in [0, 0.05) is 17.1 Å². The first-order valence-electron chi connectivity index (χ1n) is 7.40. The van der Waals surface area contributed by atoms with Crippen LogP contribution in [-0.2, 0) is 0 Å². The predicted molar refractivity (Wildman–Crippen MR) is 97.9 cm³/mol. The number of hydrogen-bond donors (Lipinski definition) is 1. The molecule has 0 unspecified atom stereocenters. The lowest BCUT2D eigenvalue weighted by atomic mass is 10.2. The van der Waals surface area contributed by atoms with Gasteiger partial charge in [-0.25, -0.2) is 9.37 Å². The van der Waals surface area contributed by atoms with Gasteiger partial charge in [0.25, 0.3) is 5.91 Å². The zero-order valence-electron chi connectivity index (χ0n) is 12.7. The highest BCUT2D eigenvalue weighted by atomic mass is 35.5. The van der Waals surface area contributed by atoms with Gasteiger partial charge >= 0.3 is 0 Å². The first-order chi connectivity index (χ1) is 12.1. The summed E-state index contributed by atoms with van der Waals surface area (Å²) in [4.78, 5) is 17.7. The third-order valence-corrected chi connectivity index (χ3v) is 4.87. The quantitative estimate of drug-likeness (QED) is 0.544. The minimum absolute atomic E-state index is 0.276. The molecule has 0 aliphatic rings. The number of anilines is 1. The lowest BCUT2D eigenvalue weighted by Gasteiger charge is -2.05. The Morgan fingerprint density at radius 3 is 2.68 bits per heavy atom. The van der Waals surface area contributed by atoms with E-state index in [0.717, 1.165) is 5.56 Å². The SMILES string of the molecule is O=C(Nc1ccccc1Cl)c1csc2nc(-c3ccc(F)cc3)cn12. The van der Waals surface area contributed by atoms with E-state index in [-0.39, 0.29) is 11.7 Å². The Morgan fingerprint density at radius 2 is 1.92 bits per heavy atom. The van der Waals surface area contributed by atoms with Gasteiger partial charge in [0.05, 0.1) is 16.4 Å². The maximum atomic E-state index is 13.1. The summed E-state index contributed by atoms with van der Waals surface area (Å²) in [5, 5.41) is 5.01. The number of aromatic nitrogens is 2. The van der Waals surface area contributed by atoms with E-state index in [4.69, 9.17) is 11.6 Å². The molecule has 0 atom stereocenters. The molecule has 0 fully saturated rings. The second-order valence-corrected chi connectivity index (χ2v) is 6.58. The van der Waals surface area contributed by atoms with Gasteiger partial charge in [-0.2, -0.15) is 0 Å². The fourth-order valence-electron chi connectivity index (χ4n) is 2.46. The molecule has 4 rings (SSSR count). The molecule has 4 aromatic rings. The Morgan fingerprint density at radius 1 is 1.16 bits per heavy atom. The monoisotopic (exact) mass is 371 g/mol. The molecule has 0 aliphatic carbocycles. The van der Waals surface area contributed by atoms with Crippen molar-refractivity contribution in [2.45, 2.75) is 0 Å². The van der Waals surface area contributed by atoms with Crippen LogP contribution in [0.1, 0.15) is 10.5 Å². The number of amides is 1. The molecule has 0 bridgehead atoms. The molecule has 2 aromatic carbocycles. The van der Waals surface area contributed by atoms with E-state index in [1.807, 2.05) is 0 Å². The molecule has 0 radical (unpaired) electrons. The van der Waals surface area contributed by atoms with Crippen molar-refractivity contribution in [2.24, 2.45) is 0 Å². The number of hydrogen-bond acceptors (Lipinski definition) is 3. The molecule has 7 heteroatoms. The Bertz CT molecular complexity index is 1070. The average molecular weight is 372 g/mol. The predicted octanol–water partition coefficient (Wildman–Crippen LogP) is 5.11. The molecule has 124 valence electrons. The summed E-state index contributed by atoms with van der Waals surface area (Å²) < 4.78 is 14.8. The summed E-state index contributed by atoms with van der Waals surface area (Å²) in [6.07, 6.45) is 1.76. The van der Waals surface area contributed by atoms with Crippen molar-refractivity contribution in [3.05, 3.63) is 76.6 Å². The van der Waals surface area contributed by atoms with Gasteiger partial charge in [0.1, 0.15) is 11.5 Å². The number of carbonyl (C=O) groups excluding carboxylic acids is 1. The summed E-state index contributed by atoms with van der Waals surface area (Å²) in [7, 11) is 0. The van der Waals surface area contributed by atoms with Gasteiger partial charge in [-0.05, 0) is 36.4 Å². The van der Waals surface area contributed by atoms with Crippen LogP contribution in [0.5, 0.6) is 0 Å². The Balaban J connectivity index is 1.67. The van der Waals surface area contributed by atoms with E-state index in [1.165, 1.54) is 23.5 Å². The van der Waals surface area contributed by atoms with Gasteiger partial charge in [-0.15, -0.1) is 11.3 Å². The van der Waals surface area contributed by atoms with E-state index in [9.17, 15) is 9.18 Å². The Kier molecular flexibility index (Phi) is 3.99. The lowest BCUT2D eigenvalue weighted by molar-refractivity contribution is 0.102. The number of halogens is 2. The molecule has 0 spiro atoms. The van der Waals surface area contributed by atoms with Gasteiger partial charge in [-0.1, -0.05) is 23.7 Å². The maximum absolute atomic E-state index is 13.1. The van der Waals surface area contributed by atoms with Crippen LogP contribution >= 0.6 is 22.9 Å². The number of thiazole rings is 1. The zero-order chi connectivity index (χ0) is 17.4. The fourth-order valence-corrected chi connectivity index (χ4v) is 3.49. The third kappa shape index (κ3) is 3.01. The highest BCUT2D eigenvalue weighted by molar-refractivity contribution is 7.15. The highest BCUT2D eigenvalue weighted by Gasteiger charge is 2.16. The van der Waals surface area contributed by atoms with Gasteiger partial charge < -0.3 is 5.32 Å². The van der Waals surface area contributed by atoms with E-state index in [0.29, 0.717) is 27.1 Å². The average Bonchev–Trinajstić information content (AvgIpc) is 3.18. The van der Waals surface area contributed by atoms with Crippen molar-refractivity contribution in [3.8, 4) is 11.3 Å². The van der Waals surface area contributed by atoms with E-state index < -0.39 is 0 Å². The van der Waals surface area contributed by atoms with Gasteiger partial charge in [0.15, 0.2) is 4.96 Å². The van der Waals surface area contributed by atoms with Crippen LogP contribution < -0.4 is 5.32 Å². The number of para-hydroxylation sites is 1. The van der Waals surface area contributed by atoms with E-state index in [1.54, 1.807) is 52.4 Å². The Labute approximate surface area is 151 Å². The number of carbonyl (C=O) groups is 1. The van der Waals surface area contributed by atoms with Crippen LogP contribution in [0.15, 0.2) is 60.1 Å². The van der Waals surface area contributed by atoms with E-state index >= 15 is 0 Å². The molecule has 2 heterocycles. The molecule has 0 saturated carbocycles. The van der Waals surface area contributed by atoms with Crippen molar-refractivity contribution in [3.63, 3.8) is 0 Å². The van der Waals surface area contributed by atoms with Crippen LogP contribution in [0, 0.1) is 5.82 Å². The minimum Gasteiger partial charge on any atom is -0.319 e. The molecule has 1 amide bonds. The minimum atomic E-state index is -0.301. The number of rotatable bonds is 3. The van der Waals surface area contributed by atoms with Crippen molar-refractivity contribution in [1.82, 2.24) is 9.38 Å². The van der Waals surface area contributed by atoms with Crippen LogP contribution in [-0.4, -0.2) is 15.3 Å². The summed E-state index contributed by atoms with van der Waals surface area (Å²) >= 11 is 7.44. The van der Waals surface area contributed by atoms with Gasteiger partial charge in [0.2, 0.25) is 0 Å². The highest BCUT2D eigenvalue weighted by Crippen LogP contribution is 2.26. The second kappa shape index (κ2) is 6.31. The number of fused-ring (bicyclic) bond motifs is 1. The first-order valence-corrected chi connectivity index (χ1v) is 8.66. The molecule has 1 N–H and O–H groups in total. The molecule has 25 heavy (non-hydrogen) atoms. The summed E-state index contributed by atoms with van der Waals surface area (Å²) in [5.41, 5.74) is 2.47. The first kappa shape index (κ1) is 15.8. The van der Waals surface area contributed by atoms with Crippen molar-refractivity contribution in [1.29, 1.82) is 0 Å². The number of benzene rings is 2. The topological polar surface area (TPSA) is 46.4 Å². The fraction of sp³-hybridized carbons (Fsp3) is 0. The smallest absolute Gasteiger partial charge is 0.273 e. The van der Waals surface area contributed by atoms with Crippen molar-refractivity contribution >= 4 is 39.5 Å². The summed E-state index contributed by atoms with van der Waals surface area (Å²) in [5.74, 6) is -0.577. The van der Waals surface area contributed by atoms with Crippen LogP contribution in [0.3, 0.4) is 0 Å². The standard InChI is InChI=1S/C18H11ClFN3OS/c19-13-3-1-2-4-14(13)21-17(24)16-10-25-18-22-15(9-23(16)18)11-5-7-12(20)8-6-11/h1-10H,(H,21,24). The largest absolute Gasteiger partial charge is 0.319 e. The van der Waals surface area contributed by atoms with Crippen LogP contribution in [0.4, 0.5) is 10.1 Å². The maximum Gasteiger partial charge on any atom is 0.273 e. The molecular weight excluding hydrogens is 361 g/mol. The molecular formula is C18H11ClFN3OS. The Hall–Kier alpha value is -2.70. The molecule has 0 aliphatic heterocycles. The molecule has 4 nitrogen and oxygen atoms in total. The lowest BCUT2D eigenvalue weighted by Crippen LogP contribution is -2.14. The number of nitrogens with one attached hydrogen (secondary N) is 1. The van der Waals surface area contributed by atoms with Crippen molar-refractivity contribution in [2.75, 3.05) is 5.32 Å². The third-order valence-electron chi connectivity index (χ3n) is 3.70. The van der Waals surface area contributed by atoms with Crippen molar-refractivity contribution < 1.29 is 9.18 Å². The second-order valence-electron chi connectivity index (χ2n) is 5.34. The summed E-state index contributed by atoms with van der Waals surface area (Å²) in [6.45, 7) is 0. The molecule has 2 aromatic heterocycles. The van der Waals surface area contributed by atoms with Gasteiger partial charge in [-0.3, -0.25) is 9.20 Å². The summed E-state index contributed by atoms with van der Waals surface area (Å²) in [6, 6.07) is 13.1. The number of imidazole rings is 1. The normalized spacial score (nSPS) is 11.0. The number of nitrogens with zero attached hydrogens (tertiary/aromatic N) is 2. The van der Waals surface area contributed by atoms with Crippen LogP contribution in [0.2, 0.25) is 5.02 Å².